The summed E-state index contributed by atoms with van der Waals surface area (Å²) in [5, 5.41) is 14.1. The minimum atomic E-state index is -0.443. The van der Waals surface area contributed by atoms with Crippen molar-refractivity contribution in [2.75, 3.05) is 32.2 Å². The van der Waals surface area contributed by atoms with E-state index >= 15 is 0 Å². The minimum Gasteiger partial charge on any atom is -0.490 e. The summed E-state index contributed by atoms with van der Waals surface area (Å²) >= 11 is 0. The quantitative estimate of drug-likeness (QED) is 0.654. The molecule has 1 saturated heterocycles. The van der Waals surface area contributed by atoms with Crippen LogP contribution >= 0.6 is 0 Å². The highest BCUT2D eigenvalue weighted by Crippen LogP contribution is 2.30. The molecule has 1 aromatic rings. The van der Waals surface area contributed by atoms with E-state index in [1.165, 1.54) is 13.2 Å². The molecule has 1 heterocycles. The number of hydrogen-bond acceptors (Lipinski definition) is 5. The van der Waals surface area contributed by atoms with Gasteiger partial charge in [0.25, 0.3) is 0 Å². The summed E-state index contributed by atoms with van der Waals surface area (Å²) in [7, 11) is 1.44. The third kappa shape index (κ3) is 3.57. The molecule has 0 spiro atoms. The number of ether oxygens (including phenoxy) is 2. The number of hydrogen-bond donors (Lipinski definition) is 1. The molecule has 104 valence electrons. The minimum absolute atomic E-state index is 0.0147. The molecule has 0 bridgehead atoms. The first-order chi connectivity index (χ1) is 9.20. The maximum atomic E-state index is 10.8. The highest BCUT2D eigenvalue weighted by Gasteiger charge is 2.16. The first kappa shape index (κ1) is 13.6. The lowest BCUT2D eigenvalue weighted by Crippen LogP contribution is -2.22. The van der Waals surface area contributed by atoms with Crippen molar-refractivity contribution >= 4 is 11.4 Å². The molecule has 6 heteroatoms. The maximum absolute atomic E-state index is 10.8. The van der Waals surface area contributed by atoms with Crippen LogP contribution in [0.1, 0.15) is 12.8 Å². The Balaban J connectivity index is 1.98. The Morgan fingerprint density at radius 2 is 2.21 bits per heavy atom. The molecule has 19 heavy (non-hydrogen) atoms. The van der Waals surface area contributed by atoms with E-state index in [0.717, 1.165) is 38.3 Å². The van der Waals surface area contributed by atoms with Gasteiger partial charge in [0, 0.05) is 37.6 Å². The average Bonchev–Trinajstić information content (AvgIpc) is 2.45. The van der Waals surface area contributed by atoms with Crippen molar-refractivity contribution < 1.29 is 14.4 Å². The van der Waals surface area contributed by atoms with Gasteiger partial charge < -0.3 is 14.8 Å². The number of nitro groups is 1. The lowest BCUT2D eigenvalue weighted by molar-refractivity contribution is -0.385. The lowest BCUT2D eigenvalue weighted by atomic mass is 10.0. The standard InChI is InChI=1S/C13H18N2O4/c1-18-13-8-11(2-3-12(13)15(16)17)14-9-10-4-6-19-7-5-10/h2-3,8,10,14H,4-7,9H2,1H3. The van der Waals surface area contributed by atoms with Crippen molar-refractivity contribution in [2.45, 2.75) is 12.8 Å². The zero-order valence-electron chi connectivity index (χ0n) is 10.9. The molecule has 0 radical (unpaired) electrons. The molecular weight excluding hydrogens is 248 g/mol. The highest BCUT2D eigenvalue weighted by molar-refractivity contribution is 5.57. The van der Waals surface area contributed by atoms with Crippen molar-refractivity contribution in [1.29, 1.82) is 0 Å². The number of rotatable bonds is 5. The third-order valence-electron chi connectivity index (χ3n) is 3.31. The fourth-order valence-corrected chi connectivity index (χ4v) is 2.15. The number of nitro benzene ring substituents is 1. The number of methoxy groups -OCH3 is 1. The summed E-state index contributed by atoms with van der Waals surface area (Å²) in [5.74, 6) is 0.872. The lowest BCUT2D eigenvalue weighted by Gasteiger charge is -2.22. The van der Waals surface area contributed by atoms with Gasteiger partial charge in [-0.2, -0.15) is 0 Å². The molecule has 0 aromatic heterocycles. The molecule has 1 aliphatic rings. The van der Waals surface area contributed by atoms with E-state index in [1.807, 2.05) is 0 Å². The van der Waals surface area contributed by atoms with Crippen molar-refractivity contribution in [3.8, 4) is 5.75 Å². The number of benzene rings is 1. The predicted octanol–water partition coefficient (Wildman–Crippen LogP) is 2.44. The Kier molecular flexibility index (Phi) is 4.57. The van der Waals surface area contributed by atoms with Crippen LogP contribution in [0.4, 0.5) is 11.4 Å². The van der Waals surface area contributed by atoms with Gasteiger partial charge in [0.15, 0.2) is 5.75 Å². The Labute approximate surface area is 111 Å². The molecule has 0 amide bonds. The van der Waals surface area contributed by atoms with Crippen LogP contribution in [0.2, 0.25) is 0 Å². The SMILES string of the molecule is COc1cc(NCC2CCOCC2)ccc1[N+](=O)[O-]. The van der Waals surface area contributed by atoms with Crippen LogP contribution in [0.15, 0.2) is 18.2 Å². The van der Waals surface area contributed by atoms with Gasteiger partial charge in [-0.25, -0.2) is 0 Å². The molecule has 1 N–H and O–H groups in total. The largest absolute Gasteiger partial charge is 0.490 e. The summed E-state index contributed by atoms with van der Waals surface area (Å²) in [6, 6.07) is 4.84. The van der Waals surface area contributed by atoms with E-state index in [9.17, 15) is 10.1 Å². The molecule has 0 saturated carbocycles. The second-order valence-corrected chi connectivity index (χ2v) is 4.58. The number of nitrogens with zero attached hydrogens (tertiary/aromatic N) is 1. The summed E-state index contributed by atoms with van der Waals surface area (Å²) < 4.78 is 10.3. The van der Waals surface area contributed by atoms with E-state index in [1.54, 1.807) is 12.1 Å². The summed E-state index contributed by atoms with van der Waals surface area (Å²) in [6.07, 6.45) is 2.11. The van der Waals surface area contributed by atoms with Crippen molar-refractivity contribution in [3.63, 3.8) is 0 Å². The molecule has 2 rings (SSSR count). The summed E-state index contributed by atoms with van der Waals surface area (Å²) in [5.41, 5.74) is 0.827. The zero-order chi connectivity index (χ0) is 13.7. The predicted molar refractivity (Wildman–Crippen MR) is 71.7 cm³/mol. The van der Waals surface area contributed by atoms with Crippen molar-refractivity contribution in [2.24, 2.45) is 5.92 Å². The molecule has 0 atom stereocenters. The molecule has 0 unspecified atom stereocenters. The van der Waals surface area contributed by atoms with Crippen LogP contribution in [0.3, 0.4) is 0 Å². The molecule has 1 aliphatic heterocycles. The van der Waals surface area contributed by atoms with Crippen molar-refractivity contribution in [3.05, 3.63) is 28.3 Å². The fraction of sp³-hybridized carbons (Fsp3) is 0.538. The fourth-order valence-electron chi connectivity index (χ4n) is 2.15. The van der Waals surface area contributed by atoms with Crippen LogP contribution < -0.4 is 10.1 Å². The topological polar surface area (TPSA) is 73.6 Å². The third-order valence-corrected chi connectivity index (χ3v) is 3.31. The maximum Gasteiger partial charge on any atom is 0.311 e. The van der Waals surface area contributed by atoms with Crippen LogP contribution in [0.5, 0.6) is 5.75 Å². The zero-order valence-corrected chi connectivity index (χ0v) is 10.9. The number of nitrogens with one attached hydrogen (secondary N) is 1. The van der Waals surface area contributed by atoms with Crippen LogP contribution in [0.25, 0.3) is 0 Å². The Morgan fingerprint density at radius 1 is 1.47 bits per heavy atom. The van der Waals surface area contributed by atoms with Gasteiger partial charge in [-0.1, -0.05) is 0 Å². The molecular formula is C13H18N2O4. The Morgan fingerprint density at radius 3 is 2.84 bits per heavy atom. The monoisotopic (exact) mass is 266 g/mol. The van der Waals surface area contributed by atoms with Gasteiger partial charge in [-0.15, -0.1) is 0 Å². The Hall–Kier alpha value is -1.82. The van der Waals surface area contributed by atoms with Crippen molar-refractivity contribution in [1.82, 2.24) is 0 Å². The highest BCUT2D eigenvalue weighted by atomic mass is 16.6. The van der Waals surface area contributed by atoms with E-state index < -0.39 is 4.92 Å². The molecule has 6 nitrogen and oxygen atoms in total. The van der Waals surface area contributed by atoms with Crippen LogP contribution in [-0.2, 0) is 4.74 Å². The van der Waals surface area contributed by atoms with Gasteiger partial charge in [0.2, 0.25) is 0 Å². The van der Waals surface area contributed by atoms with Gasteiger partial charge >= 0.3 is 5.69 Å². The summed E-state index contributed by atoms with van der Waals surface area (Å²) in [6.45, 7) is 2.48. The first-order valence-electron chi connectivity index (χ1n) is 6.34. The van der Waals surface area contributed by atoms with E-state index in [4.69, 9.17) is 9.47 Å². The first-order valence-corrected chi connectivity index (χ1v) is 6.34. The molecule has 1 aromatic carbocycles. The van der Waals surface area contributed by atoms with Gasteiger partial charge in [-0.05, 0) is 24.8 Å². The number of anilines is 1. The Bertz CT molecular complexity index is 444. The normalized spacial score (nSPS) is 16.1. The van der Waals surface area contributed by atoms with E-state index in [0.29, 0.717) is 5.92 Å². The van der Waals surface area contributed by atoms with E-state index in [-0.39, 0.29) is 11.4 Å². The van der Waals surface area contributed by atoms with Gasteiger partial charge in [0.1, 0.15) is 0 Å². The second-order valence-electron chi connectivity index (χ2n) is 4.58. The van der Waals surface area contributed by atoms with E-state index in [2.05, 4.69) is 5.32 Å². The van der Waals surface area contributed by atoms with Gasteiger partial charge in [0.05, 0.1) is 12.0 Å². The average molecular weight is 266 g/mol. The second kappa shape index (κ2) is 6.38. The van der Waals surface area contributed by atoms with Crippen LogP contribution in [-0.4, -0.2) is 31.8 Å². The molecule has 1 fully saturated rings. The van der Waals surface area contributed by atoms with Crippen LogP contribution in [0, 0.1) is 16.0 Å². The van der Waals surface area contributed by atoms with Gasteiger partial charge in [-0.3, -0.25) is 10.1 Å². The molecule has 0 aliphatic carbocycles. The smallest absolute Gasteiger partial charge is 0.311 e. The summed E-state index contributed by atoms with van der Waals surface area (Å²) in [4.78, 5) is 10.3.